The summed E-state index contributed by atoms with van der Waals surface area (Å²) in [4.78, 5) is 12.3. The maximum absolute atomic E-state index is 12.3. The summed E-state index contributed by atoms with van der Waals surface area (Å²) < 4.78 is 0. The molecule has 0 fully saturated rings. The van der Waals surface area contributed by atoms with Gasteiger partial charge in [-0.15, -0.1) is 10.2 Å². The van der Waals surface area contributed by atoms with E-state index in [-0.39, 0.29) is 5.78 Å². The molecule has 0 saturated heterocycles. The summed E-state index contributed by atoms with van der Waals surface area (Å²) >= 11 is 0. The molecule has 1 aromatic heterocycles. The van der Waals surface area contributed by atoms with Crippen molar-refractivity contribution in [3.8, 4) is 11.3 Å². The molecule has 0 atom stereocenters. The topological polar surface area (TPSA) is 55.7 Å². The Morgan fingerprint density at radius 2 is 1.50 bits per heavy atom. The molecule has 96 valence electrons. The van der Waals surface area contributed by atoms with Crippen LogP contribution >= 0.6 is 0 Å². The van der Waals surface area contributed by atoms with Crippen LogP contribution < -0.4 is 0 Å². The van der Waals surface area contributed by atoms with Gasteiger partial charge >= 0.3 is 0 Å². The molecule has 0 aliphatic heterocycles. The van der Waals surface area contributed by atoms with Crippen LogP contribution in [0, 0.1) is 0 Å². The minimum absolute atomic E-state index is 0.0120. The van der Waals surface area contributed by atoms with E-state index in [4.69, 9.17) is 0 Å². The molecule has 0 saturated carbocycles. The van der Waals surface area contributed by atoms with Crippen molar-refractivity contribution in [1.29, 1.82) is 0 Å². The highest BCUT2D eigenvalue weighted by molar-refractivity contribution is 6.09. The first-order valence-corrected chi connectivity index (χ1v) is 6.19. The van der Waals surface area contributed by atoms with E-state index in [0.717, 1.165) is 11.3 Å². The molecule has 0 aliphatic carbocycles. The van der Waals surface area contributed by atoms with Gasteiger partial charge in [0.2, 0.25) is 0 Å². The van der Waals surface area contributed by atoms with Crippen LogP contribution in [-0.4, -0.2) is 21.2 Å². The highest BCUT2D eigenvalue weighted by atomic mass is 16.1. The molecular formula is C16H11N3O. The van der Waals surface area contributed by atoms with Gasteiger partial charge in [-0.3, -0.25) is 4.79 Å². The number of hydrogen-bond donors (Lipinski definition) is 0. The lowest BCUT2D eigenvalue weighted by Crippen LogP contribution is -2.00. The van der Waals surface area contributed by atoms with Gasteiger partial charge in [0.25, 0.3) is 0 Å². The van der Waals surface area contributed by atoms with Gasteiger partial charge in [0.15, 0.2) is 5.78 Å². The molecule has 4 heteroatoms. The SMILES string of the molecule is O=C(c1ccccc1)c1ccc(-c2ccnnn2)cc1. The van der Waals surface area contributed by atoms with E-state index in [1.165, 1.54) is 0 Å². The van der Waals surface area contributed by atoms with Crippen molar-refractivity contribution in [2.75, 3.05) is 0 Å². The predicted molar refractivity (Wildman–Crippen MR) is 75.1 cm³/mol. The summed E-state index contributed by atoms with van der Waals surface area (Å²) in [6.07, 6.45) is 1.59. The number of ketones is 1. The van der Waals surface area contributed by atoms with Gasteiger partial charge in [0.1, 0.15) is 0 Å². The van der Waals surface area contributed by atoms with E-state index in [9.17, 15) is 4.79 Å². The van der Waals surface area contributed by atoms with Crippen molar-refractivity contribution in [2.24, 2.45) is 0 Å². The first-order valence-electron chi connectivity index (χ1n) is 6.19. The van der Waals surface area contributed by atoms with E-state index in [1.54, 1.807) is 24.4 Å². The van der Waals surface area contributed by atoms with Crippen LogP contribution in [0.2, 0.25) is 0 Å². The minimum Gasteiger partial charge on any atom is -0.289 e. The fraction of sp³-hybridized carbons (Fsp3) is 0. The van der Waals surface area contributed by atoms with E-state index in [2.05, 4.69) is 15.4 Å². The standard InChI is InChI=1S/C16H11N3O/c20-16(13-4-2-1-3-5-13)14-8-6-12(7-9-14)15-10-11-17-19-18-15/h1-11H. The van der Waals surface area contributed by atoms with Gasteiger partial charge in [-0.1, -0.05) is 54.6 Å². The number of aromatic nitrogens is 3. The third kappa shape index (κ3) is 2.44. The Bertz CT molecular complexity index is 710. The van der Waals surface area contributed by atoms with Gasteiger partial charge in [-0.2, -0.15) is 0 Å². The van der Waals surface area contributed by atoms with Crippen LogP contribution in [0.4, 0.5) is 0 Å². The Morgan fingerprint density at radius 1 is 0.800 bits per heavy atom. The van der Waals surface area contributed by atoms with Gasteiger partial charge in [0, 0.05) is 16.7 Å². The third-order valence-corrected chi connectivity index (χ3v) is 2.98. The Labute approximate surface area is 116 Å². The molecule has 0 unspecified atom stereocenters. The van der Waals surface area contributed by atoms with Crippen LogP contribution in [0.15, 0.2) is 66.9 Å². The van der Waals surface area contributed by atoms with Gasteiger partial charge < -0.3 is 0 Å². The zero-order valence-corrected chi connectivity index (χ0v) is 10.6. The highest BCUT2D eigenvalue weighted by Crippen LogP contribution is 2.17. The molecule has 0 aliphatic rings. The Hall–Kier alpha value is -2.88. The lowest BCUT2D eigenvalue weighted by Gasteiger charge is -2.03. The predicted octanol–water partition coefficient (Wildman–Crippen LogP) is 2.77. The quantitative estimate of drug-likeness (QED) is 0.680. The molecule has 4 nitrogen and oxygen atoms in total. The van der Waals surface area contributed by atoms with E-state index in [1.807, 2.05) is 42.5 Å². The molecule has 0 bridgehead atoms. The number of benzene rings is 2. The number of nitrogens with zero attached hydrogens (tertiary/aromatic N) is 3. The minimum atomic E-state index is 0.0120. The molecule has 0 radical (unpaired) electrons. The molecule has 3 rings (SSSR count). The number of rotatable bonds is 3. The van der Waals surface area contributed by atoms with E-state index in [0.29, 0.717) is 11.1 Å². The molecule has 3 aromatic rings. The Balaban J connectivity index is 1.89. The van der Waals surface area contributed by atoms with E-state index >= 15 is 0 Å². The first-order chi connectivity index (χ1) is 9.84. The summed E-state index contributed by atoms with van der Waals surface area (Å²) in [6, 6.07) is 18.3. The zero-order valence-electron chi connectivity index (χ0n) is 10.6. The summed E-state index contributed by atoms with van der Waals surface area (Å²) in [6.45, 7) is 0. The average molecular weight is 261 g/mol. The first kappa shape index (κ1) is 12.2. The monoisotopic (exact) mass is 261 g/mol. The molecule has 0 N–H and O–H groups in total. The van der Waals surface area contributed by atoms with Crippen LogP contribution in [-0.2, 0) is 0 Å². The molecule has 20 heavy (non-hydrogen) atoms. The second-order valence-electron chi connectivity index (χ2n) is 4.28. The van der Waals surface area contributed by atoms with Crippen LogP contribution in [0.25, 0.3) is 11.3 Å². The normalized spacial score (nSPS) is 10.2. The maximum atomic E-state index is 12.3. The van der Waals surface area contributed by atoms with Gasteiger partial charge in [0.05, 0.1) is 11.9 Å². The van der Waals surface area contributed by atoms with Crippen LogP contribution in [0.3, 0.4) is 0 Å². The highest BCUT2D eigenvalue weighted by Gasteiger charge is 2.08. The zero-order chi connectivity index (χ0) is 13.8. The van der Waals surface area contributed by atoms with Crippen molar-refractivity contribution in [3.05, 3.63) is 78.0 Å². The lowest BCUT2D eigenvalue weighted by atomic mass is 10.0. The molecular weight excluding hydrogens is 250 g/mol. The van der Waals surface area contributed by atoms with Gasteiger partial charge in [-0.25, -0.2) is 0 Å². The Morgan fingerprint density at radius 3 is 2.15 bits per heavy atom. The van der Waals surface area contributed by atoms with Crippen molar-refractivity contribution in [2.45, 2.75) is 0 Å². The van der Waals surface area contributed by atoms with Crippen molar-refractivity contribution < 1.29 is 4.79 Å². The second kappa shape index (κ2) is 5.40. The number of carbonyl (C=O) groups is 1. The van der Waals surface area contributed by atoms with Crippen molar-refractivity contribution in [1.82, 2.24) is 15.4 Å². The molecule has 1 heterocycles. The third-order valence-electron chi connectivity index (χ3n) is 2.98. The summed E-state index contributed by atoms with van der Waals surface area (Å²) in [5.41, 5.74) is 2.98. The molecule has 0 spiro atoms. The second-order valence-corrected chi connectivity index (χ2v) is 4.28. The molecule has 2 aromatic carbocycles. The van der Waals surface area contributed by atoms with Gasteiger partial charge in [-0.05, 0) is 11.3 Å². The summed E-state index contributed by atoms with van der Waals surface area (Å²) in [5.74, 6) is 0.0120. The number of carbonyl (C=O) groups excluding carboxylic acids is 1. The van der Waals surface area contributed by atoms with Crippen molar-refractivity contribution >= 4 is 5.78 Å². The average Bonchev–Trinajstić information content (AvgIpc) is 2.56. The summed E-state index contributed by atoms with van der Waals surface area (Å²) in [5, 5.41) is 11.2. The maximum Gasteiger partial charge on any atom is 0.193 e. The van der Waals surface area contributed by atoms with E-state index < -0.39 is 0 Å². The fourth-order valence-electron chi connectivity index (χ4n) is 1.94. The largest absolute Gasteiger partial charge is 0.289 e. The fourth-order valence-corrected chi connectivity index (χ4v) is 1.94. The molecule has 0 amide bonds. The van der Waals surface area contributed by atoms with Crippen LogP contribution in [0.5, 0.6) is 0 Å². The van der Waals surface area contributed by atoms with Crippen LogP contribution in [0.1, 0.15) is 15.9 Å². The number of hydrogen-bond acceptors (Lipinski definition) is 4. The lowest BCUT2D eigenvalue weighted by molar-refractivity contribution is 0.103. The summed E-state index contributed by atoms with van der Waals surface area (Å²) in [7, 11) is 0. The van der Waals surface area contributed by atoms with Crippen molar-refractivity contribution in [3.63, 3.8) is 0 Å². The Kier molecular flexibility index (Phi) is 3.29. The smallest absolute Gasteiger partial charge is 0.193 e.